The van der Waals surface area contributed by atoms with Crippen LogP contribution in [0, 0.1) is 0 Å². The van der Waals surface area contributed by atoms with E-state index >= 15 is 0 Å². The van der Waals surface area contributed by atoms with E-state index in [0.717, 1.165) is 4.88 Å². The number of unbranched alkanes of at least 4 members (excludes halogenated alkanes) is 2. The quantitative estimate of drug-likeness (QED) is 0.163. The van der Waals surface area contributed by atoms with Crippen LogP contribution < -0.4 is 10.6 Å². The van der Waals surface area contributed by atoms with Gasteiger partial charge in [0.05, 0.1) is 12.9 Å². The minimum Gasteiger partial charge on any atom is -0.444 e. The van der Waals surface area contributed by atoms with Crippen molar-refractivity contribution in [3.63, 3.8) is 0 Å². The van der Waals surface area contributed by atoms with E-state index in [1.54, 1.807) is 103 Å². The second-order valence-electron chi connectivity index (χ2n) is 20.9. The van der Waals surface area contributed by atoms with Crippen molar-refractivity contribution in [2.24, 2.45) is 0 Å². The SMILES string of the molecule is CC(C)(C)OC(=O)N1CCN(C(=O)CCCCCNC(=O)[C@H]2O[C@@H](n3cnc4c(NCc5cccs5)ncnc43)[C@@H]3OC(C)(C)O[C@@H]32)CCN(C(=O)OC(C)(C)C)CCN(C(=O)OC(C)(C)C)CC1. The summed E-state index contributed by atoms with van der Waals surface area (Å²) in [5, 5.41) is 8.35. The number of ether oxygens (including phenoxy) is 6. The smallest absolute Gasteiger partial charge is 0.410 e. The predicted molar refractivity (Wildman–Crippen MR) is 256 cm³/mol. The number of hydrogen-bond acceptors (Lipinski definition) is 16. The van der Waals surface area contributed by atoms with Crippen LogP contribution in [0.4, 0.5) is 20.2 Å². The van der Waals surface area contributed by atoms with Gasteiger partial charge < -0.3 is 58.7 Å². The first-order valence-corrected chi connectivity index (χ1v) is 24.7. The Labute approximate surface area is 408 Å². The molecule has 69 heavy (non-hydrogen) atoms. The molecule has 5 amide bonds. The zero-order valence-corrected chi connectivity index (χ0v) is 42.9. The minimum absolute atomic E-state index is 0.0982. The number of imidazole rings is 1. The van der Waals surface area contributed by atoms with Crippen molar-refractivity contribution in [1.29, 1.82) is 0 Å². The molecule has 6 heterocycles. The minimum atomic E-state index is -0.978. The average molecular weight is 985 g/mol. The third kappa shape index (κ3) is 15.1. The number of carbonyl (C=O) groups is 5. The summed E-state index contributed by atoms with van der Waals surface area (Å²) in [5.74, 6) is -0.889. The number of anilines is 1. The number of nitrogens with one attached hydrogen (secondary N) is 2. The number of carbonyl (C=O) groups excluding carboxylic acids is 5. The molecule has 3 saturated heterocycles. The molecule has 3 aromatic rings. The molecule has 0 aliphatic carbocycles. The molecule has 4 atom stereocenters. The fourth-order valence-corrected chi connectivity index (χ4v) is 8.65. The molecule has 0 radical (unpaired) electrons. The van der Waals surface area contributed by atoms with Crippen LogP contribution in [-0.2, 0) is 44.6 Å². The summed E-state index contributed by atoms with van der Waals surface area (Å²) in [7, 11) is 0. The van der Waals surface area contributed by atoms with Gasteiger partial charge >= 0.3 is 18.3 Å². The van der Waals surface area contributed by atoms with Crippen molar-refractivity contribution >= 4 is 58.4 Å². The van der Waals surface area contributed by atoms with Crippen LogP contribution in [0.3, 0.4) is 0 Å². The van der Waals surface area contributed by atoms with E-state index in [1.807, 2.05) is 17.5 Å². The van der Waals surface area contributed by atoms with Gasteiger partial charge in [0.1, 0.15) is 35.3 Å². The number of fused-ring (bicyclic) bond motifs is 2. The van der Waals surface area contributed by atoms with Crippen molar-refractivity contribution in [2.75, 3.05) is 64.2 Å². The lowest BCUT2D eigenvalue weighted by Crippen LogP contribution is -2.52. The van der Waals surface area contributed by atoms with E-state index in [1.165, 1.54) is 21.0 Å². The molecule has 2 N–H and O–H groups in total. The number of hydrogen-bond donors (Lipinski definition) is 2. The summed E-state index contributed by atoms with van der Waals surface area (Å²) in [5.41, 5.74) is -1.26. The molecule has 3 fully saturated rings. The Morgan fingerprint density at radius 3 is 1.78 bits per heavy atom. The van der Waals surface area contributed by atoms with Gasteiger partial charge in [0, 0.05) is 70.2 Å². The summed E-state index contributed by atoms with van der Waals surface area (Å²) in [6.45, 7) is 21.4. The van der Waals surface area contributed by atoms with E-state index in [-0.39, 0.29) is 70.6 Å². The average Bonchev–Trinajstić information content (AvgIpc) is 4.04. The maximum absolute atomic E-state index is 13.9. The summed E-state index contributed by atoms with van der Waals surface area (Å²) in [4.78, 5) is 88.8. The second kappa shape index (κ2) is 22.2. The standard InChI is InChI=1S/C47H72N10O11S/c1-44(2,3)66-41(60)54-21-19-53(20-22-55(42(61)67-45(4,5)6)24-26-56(25-23-54)43(62)68-46(7,8)9)32(58)17-13-12-14-18-48-39(59)35-34-36(65-47(10,11)64-34)40(63-35)57-30-52-33-37(50-29-51-38(33)57)49-28-31-16-15-27-69-31/h15-16,27,29-30,34-36,40H,12-14,17-26,28H2,1-11H3,(H,48,59)(H,49,50,51)/t34-,35+,36-,40-/m1/s1. The first-order valence-electron chi connectivity index (χ1n) is 23.8. The Morgan fingerprint density at radius 1 is 0.725 bits per heavy atom. The Kier molecular flexibility index (Phi) is 17.1. The molecule has 6 rings (SSSR count). The zero-order valence-electron chi connectivity index (χ0n) is 42.1. The maximum Gasteiger partial charge on any atom is 0.410 e. The molecule has 3 aromatic heterocycles. The molecule has 3 aliphatic rings. The molecule has 3 aliphatic heterocycles. The molecule has 382 valence electrons. The third-order valence-corrected chi connectivity index (χ3v) is 12.0. The molecule has 0 saturated carbocycles. The van der Waals surface area contributed by atoms with Crippen molar-refractivity contribution < 1.29 is 52.4 Å². The monoisotopic (exact) mass is 985 g/mol. The van der Waals surface area contributed by atoms with Crippen LogP contribution in [0.15, 0.2) is 30.2 Å². The van der Waals surface area contributed by atoms with Crippen molar-refractivity contribution in [3.8, 4) is 0 Å². The first kappa shape index (κ1) is 53.0. The Morgan fingerprint density at radius 2 is 1.26 bits per heavy atom. The fourth-order valence-electron chi connectivity index (χ4n) is 8.00. The van der Waals surface area contributed by atoms with Gasteiger partial charge in [0.15, 0.2) is 35.1 Å². The lowest BCUT2D eigenvalue weighted by atomic mass is 10.1. The number of rotatable bonds is 11. The molecule has 0 unspecified atom stereocenters. The Balaban J connectivity index is 1.05. The Hall–Kier alpha value is -5.32. The highest BCUT2D eigenvalue weighted by molar-refractivity contribution is 7.09. The number of amides is 5. The lowest BCUT2D eigenvalue weighted by molar-refractivity contribution is -0.197. The van der Waals surface area contributed by atoms with Crippen LogP contribution >= 0.6 is 11.3 Å². The number of nitrogens with zero attached hydrogens (tertiary/aromatic N) is 8. The second-order valence-corrected chi connectivity index (χ2v) is 21.9. The highest BCUT2D eigenvalue weighted by Crippen LogP contribution is 2.44. The summed E-state index contributed by atoms with van der Waals surface area (Å²) in [6.07, 6.45) is 0.234. The van der Waals surface area contributed by atoms with Gasteiger partial charge in [0.25, 0.3) is 5.91 Å². The van der Waals surface area contributed by atoms with E-state index in [9.17, 15) is 24.0 Å². The first-order chi connectivity index (χ1) is 32.4. The zero-order chi connectivity index (χ0) is 50.3. The van der Waals surface area contributed by atoms with Crippen molar-refractivity contribution in [2.45, 2.75) is 156 Å². The van der Waals surface area contributed by atoms with Crippen molar-refractivity contribution in [1.82, 2.24) is 44.4 Å². The van der Waals surface area contributed by atoms with Crippen LogP contribution in [0.25, 0.3) is 11.2 Å². The number of aromatic nitrogens is 4. The largest absolute Gasteiger partial charge is 0.444 e. The van der Waals surface area contributed by atoms with Gasteiger partial charge in [-0.05, 0) is 100 Å². The topological polar surface area (TPSA) is 221 Å². The Bertz CT molecular complexity index is 2190. The fraction of sp³-hybridized carbons (Fsp3) is 0.702. The highest BCUT2D eigenvalue weighted by atomic mass is 32.1. The van der Waals surface area contributed by atoms with Gasteiger partial charge in [-0.1, -0.05) is 12.5 Å². The molecule has 22 heteroatoms. The molecule has 0 bridgehead atoms. The van der Waals surface area contributed by atoms with Crippen LogP contribution in [0.1, 0.15) is 113 Å². The summed E-state index contributed by atoms with van der Waals surface area (Å²) < 4.78 is 37.8. The van der Waals surface area contributed by atoms with Gasteiger partial charge in [-0.2, -0.15) is 0 Å². The van der Waals surface area contributed by atoms with E-state index in [4.69, 9.17) is 28.4 Å². The number of thiophene rings is 1. The summed E-state index contributed by atoms with van der Waals surface area (Å²) in [6, 6.07) is 4.03. The molecule has 0 aromatic carbocycles. The maximum atomic E-state index is 13.9. The summed E-state index contributed by atoms with van der Waals surface area (Å²) >= 11 is 1.64. The van der Waals surface area contributed by atoms with E-state index in [2.05, 4.69) is 25.6 Å². The van der Waals surface area contributed by atoms with Gasteiger partial charge in [0.2, 0.25) is 5.91 Å². The van der Waals surface area contributed by atoms with Crippen molar-refractivity contribution in [3.05, 3.63) is 35.0 Å². The van der Waals surface area contributed by atoms with E-state index < -0.39 is 65.4 Å². The lowest BCUT2D eigenvalue weighted by Gasteiger charge is -2.36. The highest BCUT2D eigenvalue weighted by Gasteiger charge is 2.58. The molecule has 0 spiro atoms. The van der Waals surface area contributed by atoms with Crippen LogP contribution in [0.2, 0.25) is 0 Å². The van der Waals surface area contributed by atoms with E-state index in [0.29, 0.717) is 49.3 Å². The van der Waals surface area contributed by atoms with Crippen LogP contribution in [0.5, 0.6) is 0 Å². The van der Waals surface area contributed by atoms with Gasteiger partial charge in [-0.3, -0.25) is 14.2 Å². The third-order valence-electron chi connectivity index (χ3n) is 11.2. The normalized spacial score (nSPS) is 21.6. The van der Waals surface area contributed by atoms with Gasteiger partial charge in [-0.25, -0.2) is 29.3 Å². The molecule has 21 nitrogen and oxygen atoms in total. The predicted octanol–water partition coefficient (Wildman–Crippen LogP) is 6.15. The van der Waals surface area contributed by atoms with Gasteiger partial charge in [-0.15, -0.1) is 11.3 Å². The molecular formula is C47H72N10O11S. The molecular weight excluding hydrogens is 913 g/mol. The van der Waals surface area contributed by atoms with Crippen LogP contribution in [-0.4, -0.2) is 169 Å².